The summed E-state index contributed by atoms with van der Waals surface area (Å²) in [6.07, 6.45) is 0. The summed E-state index contributed by atoms with van der Waals surface area (Å²) in [4.78, 5) is 15.3. The number of para-hydroxylation sites is 2. The van der Waals surface area contributed by atoms with E-state index < -0.39 is 0 Å². The fourth-order valence-corrected chi connectivity index (χ4v) is 6.98. The summed E-state index contributed by atoms with van der Waals surface area (Å²) in [6, 6.07) is 54.5. The molecule has 10 aromatic rings. The van der Waals surface area contributed by atoms with Crippen LogP contribution in [-0.2, 0) is 0 Å². The average molecular weight is 615 g/mol. The predicted octanol–water partition coefficient (Wildman–Crippen LogP) is 11.0. The van der Waals surface area contributed by atoms with Crippen molar-refractivity contribution in [1.82, 2.24) is 19.5 Å². The molecule has 0 aliphatic heterocycles. The van der Waals surface area contributed by atoms with E-state index in [0.29, 0.717) is 11.8 Å². The van der Waals surface area contributed by atoms with Crippen LogP contribution in [0.2, 0.25) is 0 Å². The molecular weight excluding hydrogens is 589 g/mol. The van der Waals surface area contributed by atoms with Gasteiger partial charge in [-0.15, -0.1) is 0 Å². The van der Waals surface area contributed by atoms with E-state index in [1.54, 1.807) is 0 Å². The zero-order valence-electron chi connectivity index (χ0n) is 25.7. The van der Waals surface area contributed by atoms with Crippen LogP contribution in [0.1, 0.15) is 0 Å². The van der Waals surface area contributed by atoms with Gasteiger partial charge in [-0.3, -0.25) is 4.57 Å². The molecule has 7 aromatic carbocycles. The van der Waals surface area contributed by atoms with E-state index in [4.69, 9.17) is 19.4 Å². The Balaban J connectivity index is 1.17. The predicted molar refractivity (Wildman–Crippen MR) is 195 cm³/mol. The van der Waals surface area contributed by atoms with Gasteiger partial charge in [-0.1, -0.05) is 121 Å². The van der Waals surface area contributed by atoms with Crippen molar-refractivity contribution in [3.8, 4) is 39.8 Å². The Morgan fingerprint density at radius 2 is 1.15 bits per heavy atom. The zero-order valence-corrected chi connectivity index (χ0v) is 25.7. The second-order valence-electron chi connectivity index (χ2n) is 12.1. The van der Waals surface area contributed by atoms with E-state index in [1.165, 1.54) is 21.9 Å². The van der Waals surface area contributed by atoms with Crippen molar-refractivity contribution in [1.29, 1.82) is 0 Å². The van der Waals surface area contributed by atoms with E-state index in [1.807, 2.05) is 42.5 Å². The summed E-state index contributed by atoms with van der Waals surface area (Å²) in [5, 5.41) is 5.64. The summed E-state index contributed by atoms with van der Waals surface area (Å²) < 4.78 is 8.43. The van der Waals surface area contributed by atoms with Crippen LogP contribution in [0.4, 0.5) is 0 Å². The first kappa shape index (κ1) is 26.6. The Kier molecular flexibility index (Phi) is 5.81. The maximum Gasteiger partial charge on any atom is 0.235 e. The molecule has 224 valence electrons. The van der Waals surface area contributed by atoms with Crippen molar-refractivity contribution in [2.45, 2.75) is 0 Å². The first-order valence-corrected chi connectivity index (χ1v) is 16.0. The Morgan fingerprint density at radius 3 is 2.02 bits per heavy atom. The molecule has 0 spiro atoms. The monoisotopic (exact) mass is 614 g/mol. The van der Waals surface area contributed by atoms with Crippen molar-refractivity contribution >= 4 is 54.6 Å². The summed E-state index contributed by atoms with van der Waals surface area (Å²) in [5.41, 5.74) is 9.67. The van der Waals surface area contributed by atoms with Crippen LogP contribution < -0.4 is 0 Å². The van der Waals surface area contributed by atoms with E-state index in [2.05, 4.69) is 120 Å². The van der Waals surface area contributed by atoms with Crippen LogP contribution in [0.5, 0.6) is 0 Å². The number of oxazole rings is 1. The molecule has 0 unspecified atom stereocenters. The molecule has 0 aliphatic carbocycles. The molecule has 0 saturated carbocycles. The molecule has 10 rings (SSSR count). The van der Waals surface area contributed by atoms with Crippen molar-refractivity contribution in [2.24, 2.45) is 0 Å². The van der Waals surface area contributed by atoms with Gasteiger partial charge >= 0.3 is 0 Å². The second-order valence-corrected chi connectivity index (χ2v) is 12.1. The van der Waals surface area contributed by atoms with Crippen LogP contribution in [0.3, 0.4) is 0 Å². The van der Waals surface area contributed by atoms with Gasteiger partial charge in [0.1, 0.15) is 5.52 Å². The summed E-state index contributed by atoms with van der Waals surface area (Å²) in [5.74, 6) is 1.21. The maximum absolute atomic E-state index is 6.27. The summed E-state index contributed by atoms with van der Waals surface area (Å²) >= 11 is 0. The summed E-state index contributed by atoms with van der Waals surface area (Å²) in [6.45, 7) is 0. The lowest BCUT2D eigenvalue weighted by Gasteiger charge is -2.12. The second kappa shape index (κ2) is 10.5. The van der Waals surface area contributed by atoms with Crippen molar-refractivity contribution in [3.05, 3.63) is 158 Å². The molecular formula is C43H26N4O. The van der Waals surface area contributed by atoms with Crippen LogP contribution in [0.15, 0.2) is 162 Å². The van der Waals surface area contributed by atoms with Crippen LogP contribution in [0, 0.1) is 0 Å². The molecule has 3 aromatic heterocycles. The van der Waals surface area contributed by atoms with Crippen molar-refractivity contribution in [3.63, 3.8) is 0 Å². The van der Waals surface area contributed by atoms with Crippen LogP contribution in [-0.4, -0.2) is 19.5 Å². The minimum atomic E-state index is 0.602. The average Bonchev–Trinajstić information content (AvgIpc) is 3.72. The summed E-state index contributed by atoms with van der Waals surface area (Å²) in [7, 11) is 0. The van der Waals surface area contributed by atoms with E-state index in [-0.39, 0.29) is 0 Å². The molecule has 0 saturated heterocycles. The highest BCUT2D eigenvalue weighted by atomic mass is 16.3. The number of aromatic nitrogens is 4. The number of hydrogen-bond donors (Lipinski definition) is 0. The van der Waals surface area contributed by atoms with Crippen LogP contribution >= 0.6 is 0 Å². The molecule has 5 nitrogen and oxygen atoms in total. The lowest BCUT2D eigenvalue weighted by atomic mass is 9.96. The molecule has 48 heavy (non-hydrogen) atoms. The fraction of sp³-hybridized carbons (Fsp3) is 0. The standard InChI is InChI=1S/C43H26N4O/c1-2-12-30(13-3-1)42-44-37-26-39-35(25-40(37)48-42)33-16-7-9-20-38(33)47(39)43-45-36-19-8-6-17-34(36)41(46-43)29-23-21-28(22-24-29)32-18-10-14-27-11-4-5-15-31(27)32/h1-26H. The molecule has 0 aliphatic rings. The number of hydrogen-bond acceptors (Lipinski definition) is 4. The van der Waals surface area contributed by atoms with Gasteiger partial charge in [0, 0.05) is 27.3 Å². The Labute approximate surface area is 275 Å². The van der Waals surface area contributed by atoms with Gasteiger partial charge in [0.15, 0.2) is 5.58 Å². The number of fused-ring (bicyclic) bond motifs is 6. The maximum atomic E-state index is 6.27. The van der Waals surface area contributed by atoms with Gasteiger partial charge in [-0.2, -0.15) is 0 Å². The highest BCUT2D eigenvalue weighted by molar-refractivity contribution is 6.12. The van der Waals surface area contributed by atoms with Gasteiger partial charge in [0.2, 0.25) is 11.8 Å². The lowest BCUT2D eigenvalue weighted by molar-refractivity contribution is 0.620. The highest BCUT2D eigenvalue weighted by Crippen LogP contribution is 2.37. The van der Waals surface area contributed by atoms with Crippen molar-refractivity contribution in [2.75, 3.05) is 0 Å². The lowest BCUT2D eigenvalue weighted by Crippen LogP contribution is -2.03. The zero-order chi connectivity index (χ0) is 31.6. The SMILES string of the molecule is c1ccc(-c2nc3cc4c(cc3o2)c2ccccc2n4-c2nc(-c3ccc(-c4cccc5ccccc45)cc3)c3ccccc3n2)cc1. The smallest absolute Gasteiger partial charge is 0.235 e. The van der Waals surface area contributed by atoms with Gasteiger partial charge in [-0.05, 0) is 58.3 Å². The van der Waals surface area contributed by atoms with Gasteiger partial charge in [-0.25, -0.2) is 15.0 Å². The highest BCUT2D eigenvalue weighted by Gasteiger charge is 2.19. The molecule has 0 amide bonds. The Hall–Kier alpha value is -6.59. The van der Waals surface area contributed by atoms with Gasteiger partial charge < -0.3 is 4.42 Å². The minimum Gasteiger partial charge on any atom is -0.436 e. The van der Waals surface area contributed by atoms with Crippen LogP contribution in [0.25, 0.3) is 94.4 Å². The Bertz CT molecular complexity index is 2830. The number of rotatable bonds is 4. The quantitative estimate of drug-likeness (QED) is 0.198. The van der Waals surface area contributed by atoms with E-state index in [0.717, 1.165) is 60.6 Å². The third-order valence-corrected chi connectivity index (χ3v) is 9.25. The molecule has 5 heteroatoms. The largest absolute Gasteiger partial charge is 0.436 e. The first-order chi connectivity index (χ1) is 23.8. The van der Waals surface area contributed by atoms with Crippen molar-refractivity contribution < 1.29 is 4.42 Å². The molecule has 0 radical (unpaired) electrons. The van der Waals surface area contributed by atoms with E-state index >= 15 is 0 Å². The third-order valence-electron chi connectivity index (χ3n) is 9.25. The number of nitrogens with zero attached hydrogens (tertiary/aromatic N) is 4. The Morgan fingerprint density at radius 1 is 0.438 bits per heavy atom. The molecule has 0 bridgehead atoms. The van der Waals surface area contributed by atoms with Gasteiger partial charge in [0.25, 0.3) is 0 Å². The number of benzene rings is 7. The normalized spacial score (nSPS) is 11.8. The topological polar surface area (TPSA) is 56.7 Å². The van der Waals surface area contributed by atoms with Gasteiger partial charge in [0.05, 0.1) is 22.2 Å². The molecule has 0 atom stereocenters. The molecule has 3 heterocycles. The molecule has 0 N–H and O–H groups in total. The first-order valence-electron chi connectivity index (χ1n) is 16.0. The third kappa shape index (κ3) is 4.15. The van der Waals surface area contributed by atoms with E-state index in [9.17, 15) is 0 Å². The molecule has 0 fully saturated rings. The minimum absolute atomic E-state index is 0.602. The fourth-order valence-electron chi connectivity index (χ4n) is 6.98.